The maximum atomic E-state index is 12.1. The molecule has 0 radical (unpaired) electrons. The lowest BCUT2D eigenvalue weighted by Crippen LogP contribution is -2.44. The normalized spacial score (nSPS) is 40.5. The van der Waals surface area contributed by atoms with E-state index in [1.807, 2.05) is 4.90 Å². The molecule has 3 rings (SSSR count). The summed E-state index contributed by atoms with van der Waals surface area (Å²) < 4.78 is 28.1. The molecule has 2 bridgehead atoms. The molecule has 0 aromatic rings. The number of fused-ring (bicyclic) bond motifs is 2. The smallest absolute Gasteiger partial charge is 0.227 e. The second kappa shape index (κ2) is 3.43. The Morgan fingerprint density at radius 2 is 2.19 bits per heavy atom. The number of likely N-dealkylation sites (tertiary alicyclic amines) is 1. The highest BCUT2D eigenvalue weighted by molar-refractivity contribution is 7.91. The molecule has 1 amide bonds. The predicted molar refractivity (Wildman–Crippen MR) is 56.6 cm³/mol. The molecule has 3 aliphatic rings. The Bertz CT molecular complexity index is 419. The van der Waals surface area contributed by atoms with Gasteiger partial charge in [0.1, 0.15) is 0 Å². The molecule has 90 valence electrons. The summed E-state index contributed by atoms with van der Waals surface area (Å²) in [4.78, 5) is 14.0. The zero-order valence-electron chi connectivity index (χ0n) is 8.96. The number of amides is 1. The number of carbonyl (C=O) groups is 1. The number of ether oxygens (including phenoxy) is 1. The largest absolute Gasteiger partial charge is 0.374 e. The predicted octanol–water partition coefficient (Wildman–Crippen LogP) is -0.579. The summed E-state index contributed by atoms with van der Waals surface area (Å²) in [5.74, 6) is -0.0659. The number of hydrogen-bond donors (Lipinski definition) is 0. The van der Waals surface area contributed by atoms with Gasteiger partial charge in [0.25, 0.3) is 0 Å². The van der Waals surface area contributed by atoms with Crippen LogP contribution in [0.5, 0.6) is 0 Å². The summed E-state index contributed by atoms with van der Waals surface area (Å²) in [5, 5.41) is 0. The first-order chi connectivity index (χ1) is 7.55. The van der Waals surface area contributed by atoms with E-state index < -0.39 is 9.84 Å². The molecule has 6 heteroatoms. The van der Waals surface area contributed by atoms with E-state index in [0.717, 1.165) is 6.42 Å². The van der Waals surface area contributed by atoms with E-state index in [1.165, 1.54) is 0 Å². The van der Waals surface area contributed by atoms with Crippen LogP contribution in [0.15, 0.2) is 0 Å². The van der Waals surface area contributed by atoms with E-state index in [0.29, 0.717) is 19.6 Å². The fraction of sp³-hybridized carbons (Fsp3) is 0.900. The van der Waals surface area contributed by atoms with Gasteiger partial charge in [-0.25, -0.2) is 8.42 Å². The average Bonchev–Trinajstić information content (AvgIpc) is 2.90. The summed E-state index contributed by atoms with van der Waals surface area (Å²) >= 11 is 0. The van der Waals surface area contributed by atoms with Crippen molar-refractivity contribution in [1.29, 1.82) is 0 Å². The van der Waals surface area contributed by atoms with Crippen molar-refractivity contribution in [3.8, 4) is 0 Å². The Labute approximate surface area is 94.7 Å². The molecular formula is C10H15NO4S. The third-order valence-electron chi connectivity index (χ3n) is 3.77. The standard InChI is InChI=1S/C10H15NO4S/c12-10(7-1-2-16(13,14)6-7)11-4-9-3-8(11)5-15-9/h7-9H,1-6H2/t7-,8-,9+/m0/s1. The molecule has 0 N–H and O–H groups in total. The van der Waals surface area contributed by atoms with Gasteiger partial charge in [-0.15, -0.1) is 0 Å². The van der Waals surface area contributed by atoms with Crippen molar-refractivity contribution in [3.05, 3.63) is 0 Å². The molecule has 0 aromatic heterocycles. The Balaban J connectivity index is 1.70. The van der Waals surface area contributed by atoms with Gasteiger partial charge in [0.15, 0.2) is 9.84 Å². The van der Waals surface area contributed by atoms with Crippen molar-refractivity contribution >= 4 is 15.7 Å². The summed E-state index contributed by atoms with van der Waals surface area (Å²) in [7, 11) is -2.96. The molecule has 16 heavy (non-hydrogen) atoms. The summed E-state index contributed by atoms with van der Waals surface area (Å²) in [6.45, 7) is 1.27. The van der Waals surface area contributed by atoms with Crippen LogP contribution in [0.3, 0.4) is 0 Å². The van der Waals surface area contributed by atoms with E-state index in [2.05, 4.69) is 0 Å². The number of hydrogen-bond acceptors (Lipinski definition) is 4. The van der Waals surface area contributed by atoms with Crippen LogP contribution < -0.4 is 0 Å². The first kappa shape index (κ1) is 10.5. The lowest BCUT2D eigenvalue weighted by atomic mass is 10.1. The van der Waals surface area contributed by atoms with Gasteiger partial charge in [-0.3, -0.25) is 4.79 Å². The molecule has 0 aliphatic carbocycles. The van der Waals surface area contributed by atoms with Crippen molar-refractivity contribution in [2.75, 3.05) is 24.7 Å². The zero-order valence-corrected chi connectivity index (χ0v) is 9.78. The first-order valence-electron chi connectivity index (χ1n) is 5.68. The van der Waals surface area contributed by atoms with Crippen LogP contribution in [0.2, 0.25) is 0 Å². The van der Waals surface area contributed by atoms with Crippen LogP contribution in [0.1, 0.15) is 12.8 Å². The maximum Gasteiger partial charge on any atom is 0.227 e. The van der Waals surface area contributed by atoms with Gasteiger partial charge in [-0.1, -0.05) is 0 Å². The summed E-state index contributed by atoms with van der Waals surface area (Å²) in [6, 6.07) is 0.195. The van der Waals surface area contributed by atoms with Crippen molar-refractivity contribution < 1.29 is 17.9 Å². The van der Waals surface area contributed by atoms with Crippen molar-refractivity contribution in [3.63, 3.8) is 0 Å². The Hall–Kier alpha value is -0.620. The second-order valence-corrected chi connectivity index (χ2v) is 7.16. The zero-order chi connectivity index (χ0) is 11.3. The number of morpholine rings is 1. The Morgan fingerprint density at radius 3 is 2.69 bits per heavy atom. The van der Waals surface area contributed by atoms with Crippen LogP contribution in [0.4, 0.5) is 0 Å². The van der Waals surface area contributed by atoms with E-state index in [-0.39, 0.29) is 35.5 Å². The van der Waals surface area contributed by atoms with Gasteiger partial charge in [0.05, 0.1) is 36.2 Å². The molecule has 3 aliphatic heterocycles. The minimum atomic E-state index is -2.96. The molecule has 3 heterocycles. The molecule has 0 unspecified atom stereocenters. The molecule has 3 saturated heterocycles. The highest BCUT2D eigenvalue weighted by atomic mass is 32.2. The Morgan fingerprint density at radius 1 is 1.38 bits per heavy atom. The molecule has 0 saturated carbocycles. The number of carbonyl (C=O) groups excluding carboxylic acids is 1. The quantitative estimate of drug-likeness (QED) is 0.620. The highest BCUT2D eigenvalue weighted by Crippen LogP contribution is 2.31. The van der Waals surface area contributed by atoms with E-state index in [9.17, 15) is 13.2 Å². The van der Waals surface area contributed by atoms with E-state index >= 15 is 0 Å². The summed E-state index contributed by atoms with van der Waals surface area (Å²) in [5.41, 5.74) is 0. The fourth-order valence-corrected chi connectivity index (χ4v) is 4.63. The van der Waals surface area contributed by atoms with Gasteiger partial charge in [-0.2, -0.15) is 0 Å². The van der Waals surface area contributed by atoms with Crippen LogP contribution in [0.25, 0.3) is 0 Å². The lowest BCUT2D eigenvalue weighted by Gasteiger charge is -2.28. The average molecular weight is 245 g/mol. The van der Waals surface area contributed by atoms with Crippen LogP contribution >= 0.6 is 0 Å². The van der Waals surface area contributed by atoms with Crippen molar-refractivity contribution in [1.82, 2.24) is 4.90 Å². The van der Waals surface area contributed by atoms with Crippen LogP contribution in [-0.4, -0.2) is 56.0 Å². The molecule has 0 aromatic carbocycles. The third kappa shape index (κ3) is 1.64. The van der Waals surface area contributed by atoms with E-state index in [1.54, 1.807) is 0 Å². The van der Waals surface area contributed by atoms with Gasteiger partial charge < -0.3 is 9.64 Å². The summed E-state index contributed by atoms with van der Waals surface area (Å²) in [6.07, 6.45) is 1.60. The number of rotatable bonds is 1. The van der Waals surface area contributed by atoms with Gasteiger partial charge in [0, 0.05) is 6.54 Å². The monoisotopic (exact) mass is 245 g/mol. The minimum Gasteiger partial charge on any atom is -0.374 e. The fourth-order valence-electron chi connectivity index (χ4n) is 2.89. The SMILES string of the molecule is O=C([C@H]1CCS(=O)(=O)C1)N1C[C@H]2C[C@H]1CO2. The number of sulfone groups is 1. The Kier molecular flexibility index (Phi) is 2.26. The highest BCUT2D eigenvalue weighted by Gasteiger charge is 2.45. The minimum absolute atomic E-state index is 0.0249. The molecule has 5 nitrogen and oxygen atoms in total. The van der Waals surface area contributed by atoms with E-state index in [4.69, 9.17) is 4.74 Å². The first-order valence-corrected chi connectivity index (χ1v) is 7.50. The molecule has 0 spiro atoms. The van der Waals surface area contributed by atoms with Crippen molar-refractivity contribution in [2.24, 2.45) is 5.92 Å². The third-order valence-corrected chi connectivity index (χ3v) is 5.53. The molecule has 3 fully saturated rings. The molecule has 3 atom stereocenters. The van der Waals surface area contributed by atoms with Crippen molar-refractivity contribution in [2.45, 2.75) is 25.0 Å². The van der Waals surface area contributed by atoms with Gasteiger partial charge in [-0.05, 0) is 12.8 Å². The topological polar surface area (TPSA) is 63.7 Å². The van der Waals surface area contributed by atoms with Gasteiger partial charge >= 0.3 is 0 Å². The maximum absolute atomic E-state index is 12.1. The number of nitrogens with zero attached hydrogens (tertiary/aromatic N) is 1. The van der Waals surface area contributed by atoms with Crippen LogP contribution in [-0.2, 0) is 19.4 Å². The second-order valence-electron chi connectivity index (χ2n) is 4.94. The molecular weight excluding hydrogens is 230 g/mol. The van der Waals surface area contributed by atoms with Crippen LogP contribution in [0, 0.1) is 5.92 Å². The van der Waals surface area contributed by atoms with Gasteiger partial charge in [0.2, 0.25) is 5.91 Å². The lowest BCUT2D eigenvalue weighted by molar-refractivity contribution is -0.139.